The van der Waals surface area contributed by atoms with E-state index in [1.807, 2.05) is 0 Å². The van der Waals surface area contributed by atoms with Gasteiger partial charge >= 0.3 is 0 Å². The zero-order chi connectivity index (χ0) is 39.8. The summed E-state index contributed by atoms with van der Waals surface area (Å²) in [4.78, 5) is 0. The summed E-state index contributed by atoms with van der Waals surface area (Å²) in [6.07, 6.45) is 12.4. The van der Waals surface area contributed by atoms with Crippen LogP contribution in [0.15, 0.2) is 231 Å². The molecule has 0 nitrogen and oxygen atoms in total. The van der Waals surface area contributed by atoms with Crippen molar-refractivity contribution in [1.29, 1.82) is 0 Å². The molecule has 0 bridgehead atoms. The number of rotatable bonds is 7. The molecule has 1 aliphatic rings. The minimum Gasteiger partial charge on any atom is -0.0836 e. The van der Waals surface area contributed by atoms with Gasteiger partial charge in [-0.05, 0) is 129 Å². The summed E-state index contributed by atoms with van der Waals surface area (Å²) >= 11 is 0. The lowest BCUT2D eigenvalue weighted by Gasteiger charge is -2.24. The molecule has 60 heavy (non-hydrogen) atoms. The highest BCUT2D eigenvalue weighted by Gasteiger charge is 2.22. The van der Waals surface area contributed by atoms with Crippen LogP contribution >= 0.6 is 0 Å². The van der Waals surface area contributed by atoms with Crippen molar-refractivity contribution in [3.05, 3.63) is 253 Å². The second-order valence-corrected chi connectivity index (χ2v) is 15.9. The molecule has 11 rings (SSSR count). The lowest BCUT2D eigenvalue weighted by molar-refractivity contribution is 0.857. The molecule has 282 valence electrons. The Kier molecular flexibility index (Phi) is 9.10. The van der Waals surface area contributed by atoms with E-state index in [0.717, 1.165) is 12.0 Å². The summed E-state index contributed by atoms with van der Waals surface area (Å²) in [5, 5.41) is 10.1. The van der Waals surface area contributed by atoms with E-state index in [1.54, 1.807) is 0 Å². The van der Waals surface area contributed by atoms with Crippen LogP contribution < -0.4 is 0 Å². The van der Waals surface area contributed by atoms with Crippen LogP contribution in [0.5, 0.6) is 0 Å². The Balaban J connectivity index is 1.09. The quantitative estimate of drug-likeness (QED) is 0.112. The Labute approximate surface area is 351 Å². The second-order valence-electron chi connectivity index (χ2n) is 15.9. The van der Waals surface area contributed by atoms with E-state index >= 15 is 0 Å². The molecule has 10 aromatic carbocycles. The van der Waals surface area contributed by atoms with E-state index in [2.05, 4.69) is 237 Å². The lowest BCUT2D eigenvalue weighted by atomic mass is 9.80. The van der Waals surface area contributed by atoms with Crippen molar-refractivity contribution < 1.29 is 0 Å². The van der Waals surface area contributed by atoms with Gasteiger partial charge in [-0.1, -0.05) is 218 Å². The molecule has 10 aromatic rings. The summed E-state index contributed by atoms with van der Waals surface area (Å²) in [7, 11) is 0. The zero-order valence-electron chi connectivity index (χ0n) is 33.3. The summed E-state index contributed by atoms with van der Waals surface area (Å²) in [6, 6.07) is 75.9. The van der Waals surface area contributed by atoms with E-state index in [1.165, 1.54) is 98.7 Å². The lowest BCUT2D eigenvalue weighted by Crippen LogP contribution is -2.03. The Morgan fingerprint density at radius 1 is 0.400 bits per heavy atom. The first-order valence-electron chi connectivity index (χ1n) is 21.0. The van der Waals surface area contributed by atoms with Crippen LogP contribution in [0.2, 0.25) is 0 Å². The summed E-state index contributed by atoms with van der Waals surface area (Å²) in [6.45, 7) is 0. The van der Waals surface area contributed by atoms with Crippen molar-refractivity contribution in [3.8, 4) is 33.4 Å². The second kappa shape index (κ2) is 15.3. The molecule has 1 atom stereocenters. The molecule has 0 amide bonds. The van der Waals surface area contributed by atoms with Crippen LogP contribution in [0.25, 0.3) is 88.1 Å². The molecule has 0 fully saturated rings. The first-order valence-corrected chi connectivity index (χ1v) is 21.0. The first-order chi connectivity index (χ1) is 29.8. The largest absolute Gasteiger partial charge is 0.0836 e. The molecule has 1 aliphatic carbocycles. The minimum atomic E-state index is 0.280. The van der Waals surface area contributed by atoms with Crippen LogP contribution in [-0.2, 0) is 0 Å². The van der Waals surface area contributed by atoms with E-state index in [9.17, 15) is 0 Å². The fraction of sp³-hybridized carbons (Fsp3) is 0.0333. The Hall–Kier alpha value is -7.54. The van der Waals surface area contributed by atoms with Gasteiger partial charge in [0.25, 0.3) is 0 Å². The van der Waals surface area contributed by atoms with Crippen LogP contribution in [0, 0.1) is 0 Å². The van der Waals surface area contributed by atoms with Gasteiger partial charge in [0.2, 0.25) is 0 Å². The third-order valence-electron chi connectivity index (χ3n) is 12.4. The molecule has 0 spiro atoms. The maximum absolute atomic E-state index is 2.49. The predicted octanol–water partition coefficient (Wildman–Crippen LogP) is 16.5. The number of allylic oxidation sites excluding steroid dienone is 4. The number of hydrogen-bond donors (Lipinski definition) is 0. The molecule has 0 aromatic heterocycles. The Morgan fingerprint density at radius 3 is 1.55 bits per heavy atom. The Bertz CT molecular complexity index is 3250. The van der Waals surface area contributed by atoms with Gasteiger partial charge in [-0.25, -0.2) is 0 Å². The molecular weight excluding hydrogens is 721 g/mol. The van der Waals surface area contributed by atoms with Gasteiger partial charge in [-0.3, -0.25) is 0 Å². The number of fused-ring (bicyclic) bond motifs is 4. The van der Waals surface area contributed by atoms with Crippen LogP contribution in [0.4, 0.5) is 0 Å². The Morgan fingerprint density at radius 2 is 0.917 bits per heavy atom. The highest BCUT2D eigenvalue weighted by atomic mass is 14.3. The van der Waals surface area contributed by atoms with Crippen molar-refractivity contribution in [2.45, 2.75) is 12.3 Å². The molecule has 0 heteroatoms. The third kappa shape index (κ3) is 6.35. The minimum absolute atomic E-state index is 0.280. The number of hydrogen-bond acceptors (Lipinski definition) is 0. The summed E-state index contributed by atoms with van der Waals surface area (Å²) in [5.41, 5.74) is 13.8. The van der Waals surface area contributed by atoms with Gasteiger partial charge in [-0.15, -0.1) is 0 Å². The standard InChI is InChI=1S/C60H42/c1-4-19-43(20-5-1)55(57-40-56(44-21-6-2-7-22-44)59(45-23-8-3-9-24-45)50-27-13-12-26-49(50)57)38-41-32-34-46(35-33-41)58-51-28-14-16-30-53(51)60(54-31-17-15-29-52(54)58)48-37-36-42-18-10-11-25-47(42)39-48/h1-21,23-40,44H,22H2. The maximum atomic E-state index is 2.49. The van der Waals surface area contributed by atoms with Crippen LogP contribution in [0.1, 0.15) is 34.6 Å². The fourth-order valence-electron chi connectivity index (χ4n) is 9.59. The smallest absolute Gasteiger partial charge is 0.00623 e. The van der Waals surface area contributed by atoms with Gasteiger partial charge in [0.1, 0.15) is 0 Å². The average Bonchev–Trinajstić information content (AvgIpc) is 3.33. The van der Waals surface area contributed by atoms with Gasteiger partial charge in [-0.2, -0.15) is 0 Å². The van der Waals surface area contributed by atoms with E-state index in [0.29, 0.717) is 0 Å². The monoisotopic (exact) mass is 762 g/mol. The van der Waals surface area contributed by atoms with Gasteiger partial charge < -0.3 is 0 Å². The normalized spacial score (nSPS) is 14.1. The molecule has 0 aliphatic heterocycles. The molecule has 0 N–H and O–H groups in total. The molecular formula is C60H42. The SMILES string of the molecule is C1=CCC(c2cc(C(=Cc3ccc(-c4c5ccccc5c(-c5ccc6ccccc6c5)c5ccccc45)cc3)c3ccccc3)c3ccccc3c2-c2ccccc2)C=C1. The third-order valence-corrected chi connectivity index (χ3v) is 12.4. The molecule has 0 saturated heterocycles. The highest BCUT2D eigenvalue weighted by molar-refractivity contribution is 6.22. The van der Waals surface area contributed by atoms with Crippen molar-refractivity contribution >= 4 is 54.7 Å². The van der Waals surface area contributed by atoms with E-state index in [4.69, 9.17) is 0 Å². The number of benzene rings is 10. The summed E-state index contributed by atoms with van der Waals surface area (Å²) in [5.74, 6) is 0.280. The van der Waals surface area contributed by atoms with Gasteiger partial charge in [0, 0.05) is 5.92 Å². The van der Waals surface area contributed by atoms with Crippen molar-refractivity contribution in [1.82, 2.24) is 0 Å². The maximum Gasteiger partial charge on any atom is 0.00623 e. The fourth-order valence-corrected chi connectivity index (χ4v) is 9.59. The van der Waals surface area contributed by atoms with Crippen molar-refractivity contribution in [3.63, 3.8) is 0 Å². The van der Waals surface area contributed by atoms with E-state index < -0.39 is 0 Å². The van der Waals surface area contributed by atoms with Gasteiger partial charge in [0.05, 0.1) is 0 Å². The molecule has 0 heterocycles. The van der Waals surface area contributed by atoms with Crippen LogP contribution in [-0.4, -0.2) is 0 Å². The zero-order valence-corrected chi connectivity index (χ0v) is 33.3. The molecule has 1 unspecified atom stereocenters. The molecule has 0 saturated carbocycles. The van der Waals surface area contributed by atoms with Crippen molar-refractivity contribution in [2.24, 2.45) is 0 Å². The van der Waals surface area contributed by atoms with Gasteiger partial charge in [0.15, 0.2) is 0 Å². The van der Waals surface area contributed by atoms with E-state index in [-0.39, 0.29) is 5.92 Å². The summed E-state index contributed by atoms with van der Waals surface area (Å²) < 4.78 is 0. The highest BCUT2D eigenvalue weighted by Crippen LogP contribution is 2.46. The average molecular weight is 763 g/mol. The first kappa shape index (κ1) is 35.6. The predicted molar refractivity (Wildman–Crippen MR) is 258 cm³/mol. The topological polar surface area (TPSA) is 0 Å². The van der Waals surface area contributed by atoms with Crippen LogP contribution in [0.3, 0.4) is 0 Å². The van der Waals surface area contributed by atoms with Crippen molar-refractivity contribution in [2.75, 3.05) is 0 Å². The molecule has 0 radical (unpaired) electrons.